The molecule has 1 aromatic heterocycles. The molecule has 0 atom stereocenters. The Morgan fingerprint density at radius 2 is 1.79 bits per heavy atom. The Morgan fingerprint density at radius 3 is 2.43 bits per heavy atom. The number of aromatic nitrogens is 2. The van der Waals surface area contributed by atoms with Crippen LogP contribution in [0.4, 0.5) is 0 Å². The molecule has 2 nitrogen and oxygen atoms in total. The quantitative estimate of drug-likeness (QED) is 0.776. The minimum atomic E-state index is 0.0592. The lowest BCUT2D eigenvalue weighted by Gasteiger charge is -2.00. The minimum absolute atomic E-state index is 0.0592. The second-order valence-electron chi connectivity index (χ2n) is 2.66. The molecular formula is C9H6Br2N2S. The fourth-order valence-corrected chi connectivity index (χ4v) is 2.65. The zero-order chi connectivity index (χ0) is 9.97. The first kappa shape index (κ1) is 10.3. The highest BCUT2D eigenvalue weighted by atomic mass is 79.9. The maximum Gasteiger partial charge on any atom is 0.115 e. The van der Waals surface area contributed by atoms with E-state index in [1.807, 2.05) is 30.3 Å². The third-order valence-electron chi connectivity index (χ3n) is 1.77. The molecule has 0 aliphatic rings. The van der Waals surface area contributed by atoms with Gasteiger partial charge in [0.1, 0.15) is 15.1 Å². The summed E-state index contributed by atoms with van der Waals surface area (Å²) in [5.74, 6) is 0. The van der Waals surface area contributed by atoms with Crippen LogP contribution in [0.5, 0.6) is 0 Å². The summed E-state index contributed by atoms with van der Waals surface area (Å²) in [7, 11) is 0. The van der Waals surface area contributed by atoms with Crippen LogP contribution in [0.1, 0.15) is 9.43 Å². The maximum atomic E-state index is 4.28. The molecule has 2 aromatic rings. The standard InChI is InChI=1S/C9H6Br2N2S/c10-9(11)8-7(12-14-13-8)6-4-2-1-3-5-6/h1-5,9H. The average Bonchev–Trinajstić information content (AvgIpc) is 2.67. The van der Waals surface area contributed by atoms with Gasteiger partial charge in [0, 0.05) is 5.56 Å². The summed E-state index contributed by atoms with van der Waals surface area (Å²) < 4.78 is 8.57. The fourth-order valence-electron chi connectivity index (χ4n) is 1.14. The first-order valence-corrected chi connectivity index (χ1v) is 6.51. The van der Waals surface area contributed by atoms with Crippen molar-refractivity contribution in [2.75, 3.05) is 0 Å². The third kappa shape index (κ3) is 2.04. The first-order chi connectivity index (χ1) is 6.79. The van der Waals surface area contributed by atoms with Crippen molar-refractivity contribution in [3.8, 4) is 11.3 Å². The topological polar surface area (TPSA) is 25.8 Å². The van der Waals surface area contributed by atoms with Gasteiger partial charge in [0.2, 0.25) is 0 Å². The van der Waals surface area contributed by atoms with Gasteiger partial charge in [-0.25, -0.2) is 0 Å². The van der Waals surface area contributed by atoms with Crippen LogP contribution in [-0.4, -0.2) is 8.75 Å². The number of hydrogen-bond acceptors (Lipinski definition) is 3. The Bertz CT molecular complexity index is 414. The van der Waals surface area contributed by atoms with Gasteiger partial charge >= 0.3 is 0 Å². The van der Waals surface area contributed by atoms with E-state index < -0.39 is 0 Å². The van der Waals surface area contributed by atoms with E-state index in [4.69, 9.17) is 0 Å². The largest absolute Gasteiger partial charge is 0.175 e. The van der Waals surface area contributed by atoms with E-state index in [1.54, 1.807) is 0 Å². The van der Waals surface area contributed by atoms with Crippen molar-refractivity contribution < 1.29 is 0 Å². The van der Waals surface area contributed by atoms with Gasteiger partial charge in [-0.2, -0.15) is 8.75 Å². The number of benzene rings is 1. The SMILES string of the molecule is BrC(Br)c1nsnc1-c1ccccc1. The number of rotatable bonds is 2. The summed E-state index contributed by atoms with van der Waals surface area (Å²) in [6.45, 7) is 0. The molecule has 14 heavy (non-hydrogen) atoms. The van der Waals surface area contributed by atoms with Crippen LogP contribution in [0.25, 0.3) is 11.3 Å². The predicted octanol–water partition coefficient (Wildman–Crippen LogP) is 3.99. The molecule has 0 spiro atoms. The maximum absolute atomic E-state index is 4.28. The van der Waals surface area contributed by atoms with Gasteiger partial charge in [-0.3, -0.25) is 0 Å². The normalized spacial score (nSPS) is 10.8. The summed E-state index contributed by atoms with van der Waals surface area (Å²) in [6, 6.07) is 10.0. The van der Waals surface area contributed by atoms with E-state index in [0.29, 0.717) is 0 Å². The molecule has 0 aliphatic carbocycles. The van der Waals surface area contributed by atoms with E-state index in [1.165, 1.54) is 11.7 Å². The summed E-state index contributed by atoms with van der Waals surface area (Å²) in [4.78, 5) is 0. The number of halogens is 2. The molecule has 1 aromatic carbocycles. The van der Waals surface area contributed by atoms with Gasteiger partial charge in [-0.1, -0.05) is 62.2 Å². The molecular weight excluding hydrogens is 328 g/mol. The molecule has 0 unspecified atom stereocenters. The second-order valence-corrected chi connectivity index (χ2v) is 6.25. The zero-order valence-corrected chi connectivity index (χ0v) is 11.0. The molecule has 0 fully saturated rings. The summed E-state index contributed by atoms with van der Waals surface area (Å²) in [5, 5.41) is 0. The lowest BCUT2D eigenvalue weighted by atomic mass is 10.1. The van der Waals surface area contributed by atoms with Crippen molar-refractivity contribution in [3.63, 3.8) is 0 Å². The molecule has 0 radical (unpaired) electrons. The van der Waals surface area contributed by atoms with Crippen molar-refractivity contribution >= 4 is 43.6 Å². The van der Waals surface area contributed by atoms with Gasteiger partial charge < -0.3 is 0 Å². The van der Waals surface area contributed by atoms with Crippen LogP contribution in [0, 0.1) is 0 Å². The van der Waals surface area contributed by atoms with Gasteiger partial charge in [0.25, 0.3) is 0 Å². The Balaban J connectivity index is 2.47. The van der Waals surface area contributed by atoms with E-state index in [0.717, 1.165) is 17.0 Å². The summed E-state index contributed by atoms with van der Waals surface area (Å²) in [6.07, 6.45) is 0. The van der Waals surface area contributed by atoms with Crippen LogP contribution in [0.3, 0.4) is 0 Å². The van der Waals surface area contributed by atoms with Crippen LogP contribution in [-0.2, 0) is 0 Å². The minimum Gasteiger partial charge on any atom is -0.175 e. The zero-order valence-electron chi connectivity index (χ0n) is 7.02. The highest BCUT2D eigenvalue weighted by Crippen LogP contribution is 2.34. The van der Waals surface area contributed by atoms with E-state index >= 15 is 0 Å². The Hall–Kier alpha value is -0.260. The molecule has 0 bridgehead atoms. The average molecular weight is 334 g/mol. The highest BCUT2D eigenvalue weighted by molar-refractivity contribution is 9.24. The summed E-state index contributed by atoms with van der Waals surface area (Å²) >= 11 is 8.09. The van der Waals surface area contributed by atoms with Crippen molar-refractivity contribution in [2.45, 2.75) is 3.74 Å². The Kier molecular flexibility index (Phi) is 3.30. The van der Waals surface area contributed by atoms with Gasteiger partial charge in [0.05, 0.1) is 11.7 Å². The molecule has 5 heteroatoms. The molecule has 0 aliphatic heterocycles. The first-order valence-electron chi connectivity index (χ1n) is 3.95. The lowest BCUT2D eigenvalue weighted by Crippen LogP contribution is -1.85. The van der Waals surface area contributed by atoms with Crippen molar-refractivity contribution in [1.82, 2.24) is 8.75 Å². The van der Waals surface area contributed by atoms with Crippen LogP contribution in [0.15, 0.2) is 30.3 Å². The van der Waals surface area contributed by atoms with E-state index in [9.17, 15) is 0 Å². The van der Waals surface area contributed by atoms with Crippen LogP contribution in [0.2, 0.25) is 0 Å². The van der Waals surface area contributed by atoms with Crippen LogP contribution < -0.4 is 0 Å². The summed E-state index contributed by atoms with van der Waals surface area (Å²) in [5.41, 5.74) is 2.97. The molecule has 1 heterocycles. The fraction of sp³-hybridized carbons (Fsp3) is 0.111. The predicted molar refractivity (Wildman–Crippen MR) is 65.9 cm³/mol. The van der Waals surface area contributed by atoms with Crippen molar-refractivity contribution in [1.29, 1.82) is 0 Å². The van der Waals surface area contributed by atoms with E-state index in [2.05, 4.69) is 40.6 Å². The molecule has 0 amide bonds. The Morgan fingerprint density at radius 1 is 1.07 bits per heavy atom. The monoisotopic (exact) mass is 332 g/mol. The Labute approximate surface area is 103 Å². The van der Waals surface area contributed by atoms with Gasteiger partial charge in [0.15, 0.2) is 0 Å². The lowest BCUT2D eigenvalue weighted by molar-refractivity contribution is 1.29. The number of hydrogen-bond donors (Lipinski definition) is 0. The number of nitrogens with zero attached hydrogens (tertiary/aromatic N) is 2. The third-order valence-corrected chi connectivity index (χ3v) is 3.18. The molecule has 0 N–H and O–H groups in total. The van der Waals surface area contributed by atoms with Gasteiger partial charge in [-0.05, 0) is 0 Å². The molecule has 0 saturated heterocycles. The van der Waals surface area contributed by atoms with Gasteiger partial charge in [-0.15, -0.1) is 0 Å². The van der Waals surface area contributed by atoms with Crippen molar-refractivity contribution in [3.05, 3.63) is 36.0 Å². The molecule has 72 valence electrons. The number of alkyl halides is 2. The van der Waals surface area contributed by atoms with E-state index in [-0.39, 0.29) is 3.74 Å². The molecule has 2 rings (SSSR count). The molecule has 0 saturated carbocycles. The van der Waals surface area contributed by atoms with Crippen molar-refractivity contribution in [2.24, 2.45) is 0 Å². The van der Waals surface area contributed by atoms with Crippen LogP contribution >= 0.6 is 43.6 Å². The second kappa shape index (κ2) is 4.51. The smallest absolute Gasteiger partial charge is 0.115 e. The highest BCUT2D eigenvalue weighted by Gasteiger charge is 2.14.